The topological polar surface area (TPSA) is 33.2 Å². The van der Waals surface area contributed by atoms with Gasteiger partial charge in [0, 0.05) is 24.8 Å². The molecule has 1 aliphatic rings. The van der Waals surface area contributed by atoms with E-state index in [-0.39, 0.29) is 11.8 Å². The van der Waals surface area contributed by atoms with Crippen molar-refractivity contribution in [3.8, 4) is 0 Å². The number of amides is 1. The molecule has 2 rings (SSSR count). The van der Waals surface area contributed by atoms with Crippen molar-refractivity contribution in [2.45, 2.75) is 32.6 Å². The van der Waals surface area contributed by atoms with E-state index in [9.17, 15) is 4.79 Å². The predicted molar refractivity (Wildman–Crippen MR) is 73.0 cm³/mol. The van der Waals surface area contributed by atoms with Crippen LogP contribution in [0.2, 0.25) is 5.15 Å². The van der Waals surface area contributed by atoms with Crippen LogP contribution in [0.5, 0.6) is 0 Å². The molecule has 3 nitrogen and oxygen atoms in total. The van der Waals surface area contributed by atoms with E-state index in [1.807, 2.05) is 27.0 Å². The molecule has 0 atom stereocenters. The van der Waals surface area contributed by atoms with Gasteiger partial charge in [-0.3, -0.25) is 4.79 Å². The number of hydrogen-bond donors (Lipinski definition) is 0. The van der Waals surface area contributed by atoms with Gasteiger partial charge in [0.15, 0.2) is 0 Å². The van der Waals surface area contributed by atoms with Crippen molar-refractivity contribution in [2.24, 2.45) is 5.92 Å². The van der Waals surface area contributed by atoms with Gasteiger partial charge < -0.3 is 4.90 Å². The van der Waals surface area contributed by atoms with Crippen LogP contribution in [0.15, 0.2) is 12.1 Å². The fourth-order valence-electron chi connectivity index (χ4n) is 1.93. The number of rotatable bonds is 4. The number of aromatic nitrogens is 1. The minimum absolute atomic E-state index is 0.0353. The maximum absolute atomic E-state index is 12.3. The first-order chi connectivity index (χ1) is 8.47. The second kappa shape index (κ2) is 5.27. The fourth-order valence-corrected chi connectivity index (χ4v) is 2.14. The third kappa shape index (κ3) is 3.22. The van der Waals surface area contributed by atoms with E-state index in [0.29, 0.717) is 16.6 Å². The normalized spacial score (nSPS) is 14.9. The molecule has 1 saturated carbocycles. The number of carbonyl (C=O) groups excluding carboxylic acids is 1. The molecular formula is C14H19ClN2O. The van der Waals surface area contributed by atoms with Crippen LogP contribution in [0.3, 0.4) is 0 Å². The maximum Gasteiger partial charge on any atom is 0.253 e. The Morgan fingerprint density at radius 3 is 2.72 bits per heavy atom. The van der Waals surface area contributed by atoms with Crippen molar-refractivity contribution in [1.82, 2.24) is 9.88 Å². The Morgan fingerprint density at radius 2 is 2.17 bits per heavy atom. The third-order valence-corrected chi connectivity index (χ3v) is 3.42. The van der Waals surface area contributed by atoms with Crippen LogP contribution in [-0.4, -0.2) is 29.4 Å². The van der Waals surface area contributed by atoms with Crippen LogP contribution >= 0.6 is 11.6 Å². The third-order valence-electron chi connectivity index (χ3n) is 3.23. The van der Waals surface area contributed by atoms with Gasteiger partial charge in [-0.1, -0.05) is 25.4 Å². The largest absolute Gasteiger partial charge is 0.341 e. The predicted octanol–water partition coefficient (Wildman–Crippen LogP) is 3.34. The van der Waals surface area contributed by atoms with E-state index in [4.69, 9.17) is 11.6 Å². The zero-order chi connectivity index (χ0) is 13.3. The molecule has 0 aromatic carbocycles. The molecule has 1 aromatic heterocycles. The van der Waals surface area contributed by atoms with Gasteiger partial charge in [0.1, 0.15) is 5.15 Å². The van der Waals surface area contributed by atoms with E-state index in [1.165, 1.54) is 12.8 Å². The zero-order valence-corrected chi connectivity index (χ0v) is 11.9. The van der Waals surface area contributed by atoms with Crippen molar-refractivity contribution < 1.29 is 4.79 Å². The average molecular weight is 267 g/mol. The number of hydrogen-bond acceptors (Lipinski definition) is 2. The van der Waals surface area contributed by atoms with Gasteiger partial charge in [0.2, 0.25) is 0 Å². The van der Waals surface area contributed by atoms with Crippen molar-refractivity contribution in [3.63, 3.8) is 0 Å². The molecule has 0 radical (unpaired) electrons. The molecule has 0 saturated heterocycles. The molecule has 0 aliphatic heterocycles. The smallest absolute Gasteiger partial charge is 0.253 e. The highest BCUT2D eigenvalue weighted by molar-refractivity contribution is 6.29. The molecule has 0 N–H and O–H groups in total. The van der Waals surface area contributed by atoms with Crippen LogP contribution in [-0.2, 0) is 0 Å². The Balaban J connectivity index is 2.17. The van der Waals surface area contributed by atoms with Gasteiger partial charge in [0.05, 0.1) is 0 Å². The lowest BCUT2D eigenvalue weighted by molar-refractivity contribution is 0.0788. The fraction of sp³-hybridized carbons (Fsp3) is 0.571. The van der Waals surface area contributed by atoms with Crippen LogP contribution in [0.25, 0.3) is 0 Å². The summed E-state index contributed by atoms with van der Waals surface area (Å²) in [6, 6.07) is 3.50. The van der Waals surface area contributed by atoms with Crippen LogP contribution in [0.1, 0.15) is 48.7 Å². The summed E-state index contributed by atoms with van der Waals surface area (Å²) in [6.45, 7) is 4.93. The Hall–Kier alpha value is -1.09. The van der Waals surface area contributed by atoms with Crippen LogP contribution in [0, 0.1) is 5.92 Å². The molecule has 0 unspecified atom stereocenters. The zero-order valence-electron chi connectivity index (χ0n) is 11.1. The van der Waals surface area contributed by atoms with Crippen molar-refractivity contribution >= 4 is 17.5 Å². The quantitative estimate of drug-likeness (QED) is 0.783. The summed E-state index contributed by atoms with van der Waals surface area (Å²) in [5.41, 5.74) is 1.51. The summed E-state index contributed by atoms with van der Waals surface area (Å²) in [5, 5.41) is 0.393. The molecule has 1 aromatic rings. The first-order valence-corrected chi connectivity index (χ1v) is 6.78. The van der Waals surface area contributed by atoms with Crippen LogP contribution < -0.4 is 0 Å². The van der Waals surface area contributed by atoms with Gasteiger partial charge in [0.25, 0.3) is 5.91 Å². The number of carbonyl (C=O) groups is 1. The highest BCUT2D eigenvalue weighted by atomic mass is 35.5. The summed E-state index contributed by atoms with van der Waals surface area (Å²) in [5.74, 6) is 0.998. The minimum Gasteiger partial charge on any atom is -0.341 e. The lowest BCUT2D eigenvalue weighted by Gasteiger charge is -2.17. The van der Waals surface area contributed by atoms with Gasteiger partial charge in [-0.25, -0.2) is 4.98 Å². The highest BCUT2D eigenvalue weighted by Crippen LogP contribution is 2.29. The highest BCUT2D eigenvalue weighted by Gasteiger charge is 2.25. The summed E-state index contributed by atoms with van der Waals surface area (Å²) in [4.78, 5) is 18.3. The average Bonchev–Trinajstić information content (AvgIpc) is 3.11. The molecule has 98 valence electrons. The van der Waals surface area contributed by atoms with E-state index in [2.05, 4.69) is 4.98 Å². The van der Waals surface area contributed by atoms with Gasteiger partial charge in [-0.05, 0) is 36.8 Å². The second-order valence-electron chi connectivity index (χ2n) is 5.39. The first kappa shape index (κ1) is 13.3. The van der Waals surface area contributed by atoms with Gasteiger partial charge >= 0.3 is 0 Å². The van der Waals surface area contributed by atoms with Crippen molar-refractivity contribution in [1.29, 1.82) is 0 Å². The maximum atomic E-state index is 12.3. The molecule has 4 heteroatoms. The number of pyridine rings is 1. The number of nitrogens with zero attached hydrogens (tertiary/aromatic N) is 2. The Labute approximate surface area is 113 Å². The molecule has 0 bridgehead atoms. The monoisotopic (exact) mass is 266 g/mol. The van der Waals surface area contributed by atoms with Crippen molar-refractivity contribution in [2.75, 3.05) is 13.6 Å². The minimum atomic E-state index is 0.0353. The second-order valence-corrected chi connectivity index (χ2v) is 5.77. The van der Waals surface area contributed by atoms with E-state index < -0.39 is 0 Å². The lowest BCUT2D eigenvalue weighted by Crippen LogP contribution is -2.28. The standard InChI is InChI=1S/C14H19ClN2O/c1-9(2)12-6-11(7-13(15)16-12)14(18)17(3)8-10-4-5-10/h6-7,9-10H,4-5,8H2,1-3H3. The molecule has 1 fully saturated rings. The lowest BCUT2D eigenvalue weighted by atomic mass is 10.1. The number of halogens is 1. The summed E-state index contributed by atoms with van der Waals surface area (Å²) in [6.07, 6.45) is 2.48. The Bertz CT molecular complexity index is 455. The van der Waals surface area contributed by atoms with Crippen LogP contribution in [0.4, 0.5) is 0 Å². The molecule has 1 heterocycles. The molecule has 0 spiro atoms. The Kier molecular flexibility index (Phi) is 3.91. The molecule has 1 aliphatic carbocycles. The Morgan fingerprint density at radius 1 is 1.50 bits per heavy atom. The van der Waals surface area contributed by atoms with E-state index >= 15 is 0 Å². The molecule has 1 amide bonds. The van der Waals surface area contributed by atoms with Gasteiger partial charge in [-0.15, -0.1) is 0 Å². The summed E-state index contributed by atoms with van der Waals surface area (Å²) >= 11 is 5.98. The first-order valence-electron chi connectivity index (χ1n) is 6.40. The van der Waals surface area contributed by atoms with E-state index in [1.54, 1.807) is 11.0 Å². The molecule has 18 heavy (non-hydrogen) atoms. The van der Waals surface area contributed by atoms with Gasteiger partial charge in [-0.2, -0.15) is 0 Å². The molecular weight excluding hydrogens is 248 g/mol. The summed E-state index contributed by atoms with van der Waals surface area (Å²) in [7, 11) is 1.85. The van der Waals surface area contributed by atoms with E-state index in [0.717, 1.165) is 12.2 Å². The SMILES string of the molecule is CC(C)c1cc(C(=O)N(C)CC2CC2)cc(Cl)n1. The summed E-state index contributed by atoms with van der Waals surface area (Å²) < 4.78 is 0. The van der Waals surface area contributed by atoms with Crippen molar-refractivity contribution in [3.05, 3.63) is 28.5 Å².